The number of nitrogens with zero attached hydrogens (tertiary/aromatic N) is 3. The maximum Gasteiger partial charge on any atom is 0.406 e. The number of nitrogens with one attached hydrogen (secondary N) is 1. The van der Waals surface area contributed by atoms with Crippen molar-refractivity contribution in [2.24, 2.45) is 12.5 Å². The molecule has 2 aromatic heterocycles. The van der Waals surface area contributed by atoms with Gasteiger partial charge >= 0.3 is 5.82 Å². The molecule has 7 heteroatoms. The van der Waals surface area contributed by atoms with Crippen molar-refractivity contribution in [2.45, 2.75) is 39.7 Å². The maximum atomic E-state index is 11.1. The van der Waals surface area contributed by atoms with Crippen LogP contribution in [0.3, 0.4) is 0 Å². The second kappa shape index (κ2) is 4.86. The Hall–Kier alpha value is -2.31. The predicted molar refractivity (Wildman–Crippen MR) is 81.8 cm³/mol. The van der Waals surface area contributed by atoms with Gasteiger partial charge in [0, 0.05) is 19.0 Å². The summed E-state index contributed by atoms with van der Waals surface area (Å²) in [5, 5.41) is 14.4. The van der Waals surface area contributed by atoms with Crippen LogP contribution in [-0.4, -0.2) is 14.5 Å². The number of hydrogen-bond acceptors (Lipinski definition) is 5. The van der Waals surface area contributed by atoms with Crippen LogP contribution in [0.15, 0.2) is 16.8 Å². The molecule has 2 heterocycles. The highest BCUT2D eigenvalue weighted by Crippen LogP contribution is 2.44. The normalized spacial score (nSPS) is 19.7. The summed E-state index contributed by atoms with van der Waals surface area (Å²) in [4.78, 5) is 14.5. The number of rotatable bonds is 3. The van der Waals surface area contributed by atoms with Gasteiger partial charge in [0.25, 0.3) is 0 Å². The molecule has 2 aromatic rings. The molecule has 0 radical (unpaired) electrons. The first kappa shape index (κ1) is 14.6. The van der Waals surface area contributed by atoms with E-state index in [2.05, 4.69) is 24.1 Å². The number of fused-ring (bicyclic) bond motifs is 1. The zero-order chi connectivity index (χ0) is 16.1. The van der Waals surface area contributed by atoms with Crippen LogP contribution in [0.1, 0.15) is 43.4 Å². The molecular weight excluding hydrogens is 284 g/mol. The van der Waals surface area contributed by atoms with Crippen molar-refractivity contribution in [3.63, 3.8) is 0 Å². The first-order valence-corrected chi connectivity index (χ1v) is 7.28. The summed E-state index contributed by atoms with van der Waals surface area (Å²) in [5.74, 6) is 2.12. The Balaban J connectivity index is 1.99. The average molecular weight is 304 g/mol. The lowest BCUT2D eigenvalue weighted by Gasteiger charge is -2.34. The van der Waals surface area contributed by atoms with Gasteiger partial charge in [-0.2, -0.15) is 0 Å². The quantitative estimate of drug-likeness (QED) is 0.694. The zero-order valence-corrected chi connectivity index (χ0v) is 13.2. The minimum atomic E-state index is -0.460. The largest absolute Gasteiger partial charge is 0.466 e. The second-order valence-electron chi connectivity index (χ2n) is 6.76. The topological polar surface area (TPSA) is 86.1 Å². The van der Waals surface area contributed by atoms with Crippen LogP contribution in [0.2, 0.25) is 0 Å². The molecule has 1 aliphatic rings. The molecule has 7 nitrogen and oxygen atoms in total. The Bertz CT molecular complexity index is 729. The van der Waals surface area contributed by atoms with E-state index in [1.807, 2.05) is 13.0 Å². The van der Waals surface area contributed by atoms with Crippen molar-refractivity contribution < 1.29 is 9.34 Å². The first-order valence-electron chi connectivity index (χ1n) is 7.28. The third-order valence-electron chi connectivity index (χ3n) is 4.14. The van der Waals surface area contributed by atoms with Gasteiger partial charge < -0.3 is 19.8 Å². The fourth-order valence-corrected chi connectivity index (χ4v) is 3.20. The molecular formula is C15H20N4O3. The fraction of sp³-hybridized carbons (Fsp3) is 0.533. The molecule has 1 atom stereocenters. The number of aryl methyl sites for hydroxylation is 2. The molecule has 1 unspecified atom stereocenters. The SMILES string of the molecule is Cc1cc2c(o1)CC(C)(C)CC2Nc1c([N+](=O)[O-])ncn1C. The van der Waals surface area contributed by atoms with Gasteiger partial charge in [0.05, 0.1) is 6.04 Å². The van der Waals surface area contributed by atoms with Crippen molar-refractivity contribution in [1.82, 2.24) is 9.55 Å². The lowest BCUT2D eigenvalue weighted by molar-refractivity contribution is -0.388. The lowest BCUT2D eigenvalue weighted by Crippen LogP contribution is -2.29. The molecule has 0 fully saturated rings. The number of hydrogen-bond donors (Lipinski definition) is 1. The van der Waals surface area contributed by atoms with Crippen LogP contribution in [0.4, 0.5) is 11.6 Å². The Kier molecular flexibility index (Phi) is 3.23. The third-order valence-corrected chi connectivity index (χ3v) is 4.14. The van der Waals surface area contributed by atoms with Crippen molar-refractivity contribution in [3.8, 4) is 0 Å². The zero-order valence-electron chi connectivity index (χ0n) is 13.2. The van der Waals surface area contributed by atoms with Gasteiger partial charge in [-0.05, 0) is 34.7 Å². The summed E-state index contributed by atoms with van der Waals surface area (Å²) in [6, 6.07) is 2.00. The summed E-state index contributed by atoms with van der Waals surface area (Å²) in [5.41, 5.74) is 1.16. The highest BCUT2D eigenvalue weighted by Gasteiger charge is 2.36. The van der Waals surface area contributed by atoms with Gasteiger partial charge in [-0.1, -0.05) is 13.8 Å². The number of furan rings is 1. The number of anilines is 1. The summed E-state index contributed by atoms with van der Waals surface area (Å²) in [6.45, 7) is 6.29. The maximum absolute atomic E-state index is 11.1. The van der Waals surface area contributed by atoms with E-state index in [1.54, 1.807) is 11.6 Å². The van der Waals surface area contributed by atoms with E-state index in [4.69, 9.17) is 4.42 Å². The van der Waals surface area contributed by atoms with E-state index in [9.17, 15) is 10.1 Å². The molecule has 1 N–H and O–H groups in total. The summed E-state index contributed by atoms with van der Waals surface area (Å²) in [7, 11) is 1.75. The van der Waals surface area contributed by atoms with Gasteiger partial charge in [-0.15, -0.1) is 0 Å². The summed E-state index contributed by atoms with van der Waals surface area (Å²) < 4.78 is 7.45. The number of aromatic nitrogens is 2. The van der Waals surface area contributed by atoms with Crippen LogP contribution in [0, 0.1) is 22.5 Å². The molecule has 0 aromatic carbocycles. The van der Waals surface area contributed by atoms with Crippen molar-refractivity contribution in [1.29, 1.82) is 0 Å². The van der Waals surface area contributed by atoms with Gasteiger partial charge in [0.2, 0.25) is 12.1 Å². The van der Waals surface area contributed by atoms with E-state index in [1.165, 1.54) is 6.33 Å². The summed E-state index contributed by atoms with van der Waals surface area (Å²) in [6.07, 6.45) is 3.21. The first-order chi connectivity index (χ1) is 10.3. The van der Waals surface area contributed by atoms with Crippen molar-refractivity contribution in [2.75, 3.05) is 5.32 Å². The van der Waals surface area contributed by atoms with Gasteiger partial charge in [0.15, 0.2) is 0 Å². The van der Waals surface area contributed by atoms with E-state index < -0.39 is 4.92 Å². The molecule has 0 saturated heterocycles. The number of imidazole rings is 1. The van der Waals surface area contributed by atoms with Crippen LogP contribution in [0.5, 0.6) is 0 Å². The Morgan fingerprint density at radius 2 is 2.27 bits per heavy atom. The molecule has 118 valence electrons. The molecule has 0 saturated carbocycles. The second-order valence-corrected chi connectivity index (χ2v) is 6.76. The standard InChI is InChI=1S/C15H20N4O3/c1-9-5-10-11(6-15(2,3)7-12(10)22-9)17-14-13(19(20)21)16-8-18(14)4/h5,8,11,17H,6-7H2,1-4H3. The molecule has 0 amide bonds. The smallest absolute Gasteiger partial charge is 0.406 e. The third kappa shape index (κ3) is 2.47. The van der Waals surface area contributed by atoms with Crippen molar-refractivity contribution in [3.05, 3.63) is 39.6 Å². The van der Waals surface area contributed by atoms with Crippen LogP contribution in [-0.2, 0) is 13.5 Å². The van der Waals surface area contributed by atoms with E-state index in [0.29, 0.717) is 5.82 Å². The molecule has 22 heavy (non-hydrogen) atoms. The Labute approximate surface area is 128 Å². The van der Waals surface area contributed by atoms with Crippen LogP contribution >= 0.6 is 0 Å². The van der Waals surface area contributed by atoms with E-state index >= 15 is 0 Å². The minimum absolute atomic E-state index is 0.0229. The average Bonchev–Trinajstić information content (AvgIpc) is 2.92. The fourth-order valence-electron chi connectivity index (χ4n) is 3.20. The van der Waals surface area contributed by atoms with Crippen LogP contribution < -0.4 is 5.32 Å². The molecule has 0 spiro atoms. The van der Waals surface area contributed by atoms with Gasteiger partial charge in [0.1, 0.15) is 11.5 Å². The predicted octanol–water partition coefficient (Wildman–Crippen LogP) is 3.36. The summed E-state index contributed by atoms with van der Waals surface area (Å²) >= 11 is 0. The van der Waals surface area contributed by atoms with Crippen LogP contribution in [0.25, 0.3) is 0 Å². The highest BCUT2D eigenvalue weighted by atomic mass is 16.6. The van der Waals surface area contributed by atoms with Crippen molar-refractivity contribution >= 4 is 11.6 Å². The van der Waals surface area contributed by atoms with Gasteiger partial charge in [-0.25, -0.2) is 0 Å². The Morgan fingerprint density at radius 1 is 1.55 bits per heavy atom. The molecule has 1 aliphatic carbocycles. The highest BCUT2D eigenvalue weighted by molar-refractivity contribution is 5.54. The molecule has 0 bridgehead atoms. The molecule has 3 rings (SSSR count). The Morgan fingerprint density at radius 3 is 2.95 bits per heavy atom. The number of nitro groups is 1. The van der Waals surface area contributed by atoms with E-state index in [-0.39, 0.29) is 17.3 Å². The lowest BCUT2D eigenvalue weighted by atomic mass is 9.75. The monoisotopic (exact) mass is 304 g/mol. The molecule has 0 aliphatic heterocycles. The van der Waals surface area contributed by atoms with Gasteiger partial charge in [-0.3, -0.25) is 4.57 Å². The minimum Gasteiger partial charge on any atom is -0.466 e. The van der Waals surface area contributed by atoms with E-state index in [0.717, 1.165) is 29.9 Å².